The maximum atomic E-state index is 12.5. The van der Waals surface area contributed by atoms with Gasteiger partial charge < -0.3 is 20.9 Å². The van der Waals surface area contributed by atoms with Crippen LogP contribution >= 0.6 is 24.0 Å². The first kappa shape index (κ1) is 24.3. The van der Waals surface area contributed by atoms with E-state index in [-0.39, 0.29) is 18.0 Å². The van der Waals surface area contributed by atoms with Crippen molar-refractivity contribution in [3.05, 3.63) is 86.8 Å². The number of pyridine rings is 1. The molecule has 0 radical (unpaired) electrons. The molecule has 2 aliphatic heterocycles. The molecule has 3 heterocycles. The number of hydrogen-bond acceptors (Lipinski definition) is 5. The molecule has 8 heteroatoms. The zero-order chi connectivity index (χ0) is 22.8. The number of halogens is 2. The predicted molar refractivity (Wildman–Crippen MR) is 142 cm³/mol. The van der Waals surface area contributed by atoms with Crippen molar-refractivity contribution in [2.45, 2.75) is 25.9 Å². The van der Waals surface area contributed by atoms with Crippen molar-refractivity contribution in [3.63, 3.8) is 0 Å². The first-order valence-corrected chi connectivity index (χ1v) is 11.8. The molecule has 6 nitrogen and oxygen atoms in total. The second kappa shape index (κ2) is 10.6. The number of hydrogen-bond donors (Lipinski definition) is 3. The van der Waals surface area contributed by atoms with Crippen molar-refractivity contribution in [2.75, 3.05) is 25.0 Å². The van der Waals surface area contributed by atoms with E-state index < -0.39 is 0 Å². The minimum atomic E-state index is -0.0447. The summed E-state index contributed by atoms with van der Waals surface area (Å²) < 4.78 is 1.72. The van der Waals surface area contributed by atoms with E-state index in [0.717, 1.165) is 53.1 Å². The highest BCUT2D eigenvalue weighted by Crippen LogP contribution is 2.32. The fourth-order valence-corrected chi connectivity index (χ4v) is 4.90. The summed E-state index contributed by atoms with van der Waals surface area (Å²) >= 11 is 6.13. The predicted octanol–water partition coefficient (Wildman–Crippen LogP) is 4.27. The topological polar surface area (TPSA) is 84.4 Å². The van der Waals surface area contributed by atoms with E-state index in [2.05, 4.69) is 27.8 Å². The van der Waals surface area contributed by atoms with Crippen molar-refractivity contribution < 1.29 is 0 Å². The number of aromatic nitrogens is 1. The number of anilines is 1. The van der Waals surface area contributed by atoms with Gasteiger partial charge in [-0.1, -0.05) is 23.7 Å². The summed E-state index contributed by atoms with van der Waals surface area (Å²) in [6, 6.07) is 15.4. The van der Waals surface area contributed by atoms with Gasteiger partial charge in [0.25, 0.3) is 5.56 Å². The van der Waals surface area contributed by atoms with Gasteiger partial charge in [0.2, 0.25) is 0 Å². The molecule has 0 aliphatic carbocycles. The number of benzene rings is 2. The maximum absolute atomic E-state index is 12.5. The lowest BCUT2D eigenvalue weighted by molar-refractivity contribution is 0.390. The minimum Gasteiger partial charge on any atom is -0.384 e. The van der Waals surface area contributed by atoms with Crippen LogP contribution in [0.5, 0.6) is 0 Å². The molecule has 34 heavy (non-hydrogen) atoms. The number of rotatable bonds is 6. The Bertz CT molecular complexity index is 1260. The quantitative estimate of drug-likeness (QED) is 0.474. The molecule has 1 fully saturated rings. The highest BCUT2D eigenvalue weighted by atomic mass is 35.5. The molecule has 0 spiro atoms. The van der Waals surface area contributed by atoms with E-state index in [1.54, 1.807) is 10.6 Å². The van der Waals surface area contributed by atoms with Gasteiger partial charge in [0.15, 0.2) is 0 Å². The van der Waals surface area contributed by atoms with Crippen LogP contribution in [0.15, 0.2) is 64.5 Å². The smallest absolute Gasteiger partial charge is 0.250 e. The average Bonchev–Trinajstić information content (AvgIpc) is 3.20. The number of nitrogens with zero attached hydrogens (tertiary/aromatic N) is 2. The highest BCUT2D eigenvalue weighted by molar-refractivity contribution is 6.30. The lowest BCUT2D eigenvalue weighted by Gasteiger charge is -2.24. The Hall–Kier alpha value is -2.80. The summed E-state index contributed by atoms with van der Waals surface area (Å²) in [7, 11) is 0. The molecule has 0 unspecified atom stereocenters. The van der Waals surface area contributed by atoms with Crippen LogP contribution in [0.4, 0.5) is 5.69 Å². The van der Waals surface area contributed by atoms with Gasteiger partial charge in [-0.15, -0.1) is 12.4 Å². The molecule has 0 amide bonds. The summed E-state index contributed by atoms with van der Waals surface area (Å²) in [6.07, 6.45) is 4.26. The van der Waals surface area contributed by atoms with Gasteiger partial charge in [0.05, 0.1) is 13.1 Å². The Morgan fingerprint density at radius 3 is 2.74 bits per heavy atom. The van der Waals surface area contributed by atoms with Gasteiger partial charge in [0.1, 0.15) is 5.84 Å². The van der Waals surface area contributed by atoms with Crippen LogP contribution in [0.3, 0.4) is 0 Å². The Kier molecular flexibility index (Phi) is 7.61. The molecular weight excluding hydrogens is 469 g/mol. The molecule has 5 rings (SSSR count). The summed E-state index contributed by atoms with van der Waals surface area (Å²) in [5, 5.41) is 7.74. The fourth-order valence-electron chi connectivity index (χ4n) is 4.68. The normalized spacial score (nSPS) is 15.4. The summed E-state index contributed by atoms with van der Waals surface area (Å²) in [5.74, 6) is 1.24. The summed E-state index contributed by atoms with van der Waals surface area (Å²) in [5.41, 5.74) is 12.4. The van der Waals surface area contributed by atoms with E-state index >= 15 is 0 Å². The number of nitrogens with two attached hydrogens (primary N) is 1. The van der Waals surface area contributed by atoms with Crippen molar-refractivity contribution in [1.82, 2.24) is 9.88 Å². The van der Waals surface area contributed by atoms with E-state index in [9.17, 15) is 4.79 Å². The Labute approximate surface area is 210 Å². The number of piperidine rings is 1. The summed E-state index contributed by atoms with van der Waals surface area (Å²) in [6.45, 7) is 4.11. The molecule has 2 aliphatic rings. The van der Waals surface area contributed by atoms with Crippen LogP contribution in [0.1, 0.15) is 29.5 Å². The zero-order valence-electron chi connectivity index (χ0n) is 18.9. The van der Waals surface area contributed by atoms with Gasteiger partial charge in [-0.2, -0.15) is 0 Å². The molecule has 0 bridgehead atoms. The Balaban J connectivity index is 0.00000274. The van der Waals surface area contributed by atoms with Crippen molar-refractivity contribution in [2.24, 2.45) is 16.6 Å². The van der Waals surface area contributed by atoms with Crippen molar-refractivity contribution in [1.29, 1.82) is 0 Å². The van der Waals surface area contributed by atoms with Gasteiger partial charge in [-0.25, -0.2) is 0 Å². The molecule has 3 aromatic rings. The first-order chi connectivity index (χ1) is 16.1. The van der Waals surface area contributed by atoms with Gasteiger partial charge >= 0.3 is 0 Å². The maximum Gasteiger partial charge on any atom is 0.250 e. The number of amidine groups is 1. The van der Waals surface area contributed by atoms with E-state index in [4.69, 9.17) is 17.3 Å². The van der Waals surface area contributed by atoms with Crippen LogP contribution in [0.25, 0.3) is 11.1 Å². The number of aliphatic imine (C=N–C) groups is 1. The third kappa shape index (κ3) is 5.30. The lowest BCUT2D eigenvalue weighted by Crippen LogP contribution is -2.31. The molecule has 178 valence electrons. The zero-order valence-corrected chi connectivity index (χ0v) is 20.5. The molecule has 1 saturated heterocycles. The van der Waals surface area contributed by atoms with E-state index in [1.165, 1.54) is 12.8 Å². The van der Waals surface area contributed by atoms with Gasteiger partial charge in [-0.3, -0.25) is 9.79 Å². The van der Waals surface area contributed by atoms with Crippen LogP contribution in [-0.2, 0) is 13.1 Å². The molecule has 1 aromatic heterocycles. The molecule has 0 atom stereocenters. The largest absolute Gasteiger partial charge is 0.384 e. The fraction of sp³-hybridized carbons (Fsp3) is 0.308. The number of nitrogens with one attached hydrogen (secondary N) is 2. The average molecular weight is 498 g/mol. The van der Waals surface area contributed by atoms with Crippen molar-refractivity contribution >= 4 is 35.5 Å². The third-order valence-electron chi connectivity index (χ3n) is 6.49. The molecule has 4 N–H and O–H groups in total. The lowest BCUT2D eigenvalue weighted by atomic mass is 9.96. The first-order valence-electron chi connectivity index (χ1n) is 11.4. The van der Waals surface area contributed by atoms with Crippen molar-refractivity contribution in [3.8, 4) is 11.1 Å². The Morgan fingerprint density at radius 1 is 1.12 bits per heavy atom. The second-order valence-electron chi connectivity index (χ2n) is 8.85. The molecule has 0 saturated carbocycles. The second-order valence-corrected chi connectivity index (χ2v) is 9.28. The third-order valence-corrected chi connectivity index (χ3v) is 6.73. The van der Waals surface area contributed by atoms with Crippen LogP contribution in [-0.4, -0.2) is 30.0 Å². The Morgan fingerprint density at radius 2 is 1.94 bits per heavy atom. The highest BCUT2D eigenvalue weighted by Gasteiger charge is 2.21. The monoisotopic (exact) mass is 497 g/mol. The molecular formula is C26H29Cl2N5O. The summed E-state index contributed by atoms with van der Waals surface area (Å²) in [4.78, 5) is 17.0. The minimum absolute atomic E-state index is 0. The standard InChI is InChI=1S/C26H28ClN5O.ClH/c27-22-3-1-2-18(10-22)15-32-16-19(4-5-24(32)33)20-11-21-14-31-26(28)25(21)23(12-20)30-13-17-6-8-29-9-7-17;/h1-5,10-12,16-17,29-30H,6-9,13-15H2,(H2,28,31);1H. The van der Waals surface area contributed by atoms with Crippen LogP contribution in [0, 0.1) is 5.92 Å². The SMILES string of the molecule is Cl.NC1=NCc2cc(-c3ccc(=O)n(Cc4cccc(Cl)c4)c3)cc(NCC3CCNCC3)c21. The van der Waals surface area contributed by atoms with E-state index in [0.29, 0.717) is 29.9 Å². The van der Waals surface area contributed by atoms with Crippen LogP contribution in [0.2, 0.25) is 5.02 Å². The van der Waals surface area contributed by atoms with Gasteiger partial charge in [0, 0.05) is 35.1 Å². The van der Waals surface area contributed by atoms with Crippen LogP contribution < -0.4 is 21.9 Å². The van der Waals surface area contributed by atoms with E-state index in [1.807, 2.05) is 36.5 Å². The number of fused-ring (bicyclic) bond motifs is 1. The van der Waals surface area contributed by atoms with Gasteiger partial charge in [-0.05, 0) is 84.4 Å². The molecule has 2 aromatic carbocycles.